The summed E-state index contributed by atoms with van der Waals surface area (Å²) in [6.07, 6.45) is 13.3. The van der Waals surface area contributed by atoms with Gasteiger partial charge in [0.15, 0.2) is 18.3 Å². The predicted octanol–water partition coefficient (Wildman–Crippen LogP) is 22.6. The lowest BCUT2D eigenvalue weighted by Gasteiger charge is -2.31. The maximum Gasteiger partial charge on any atom is 0.488 e. The molecule has 0 aliphatic heterocycles. The van der Waals surface area contributed by atoms with E-state index in [1.807, 2.05) is 139 Å². The van der Waals surface area contributed by atoms with Crippen molar-refractivity contribution in [3.05, 3.63) is 143 Å². The Balaban J connectivity index is 0.000000271. The molecule has 6 N–H and O–H groups in total. The molecule has 9 rings (SSSR count). The highest BCUT2D eigenvalue weighted by molar-refractivity contribution is 7.17. The van der Waals surface area contributed by atoms with Gasteiger partial charge in [0.1, 0.15) is 4.34 Å². The average molecular weight is 1600 g/mol. The molecule has 0 spiro atoms. The molecule has 3 aliphatic rings. The van der Waals surface area contributed by atoms with E-state index in [9.17, 15) is 33.9 Å². The Labute approximate surface area is 679 Å². The van der Waals surface area contributed by atoms with E-state index in [-0.39, 0.29) is 40.5 Å². The van der Waals surface area contributed by atoms with Gasteiger partial charge < -0.3 is 54.8 Å². The van der Waals surface area contributed by atoms with Gasteiger partial charge in [0.25, 0.3) is 0 Å². The molecule has 0 saturated carbocycles. The summed E-state index contributed by atoms with van der Waals surface area (Å²) in [5.74, 6) is -1.21. The maximum absolute atomic E-state index is 13.2. The summed E-state index contributed by atoms with van der Waals surface area (Å²) in [6, 6.07) is 21.9. The standard InChI is InChI=1S/C29H39NO4S.C27H35NO4S.C21H31ClO3S.C8H10BNO3.C4H10/c1-9-33-27(32)25(34-28(4,5)6)23-18(2)35-26(21-10-12-22(13-11-21)30-19(3)31)24(23)20-14-16-29(7,8)17-15-20;1-16-21(23(25(30)31)32-26(3,4)5)22(18-12-14-27(6,7)15-13-18)24(33-16)19-8-10-20(11-9-19)28-17(2)29;1-8-24-19(23)17(25-20(3,4)5)15-13(2)26-18(22)16(15)14-9-11-21(6,7)12-10-14;1-6(11)10-8-4-2-7(3-5-8)9(12)13;1-4(2)3/h10-14,25H,9,15-17H2,1-8H3,(H,30,31);8-12,23H,13-15H2,1-7H3,(H,28,29)(H,30,31);9,17H,8,10-12H2,1-7H3;2-5,12-13H,1H3,(H,10,11);4H,1-3H3. The number of thiophene rings is 3. The molecule has 3 heterocycles. The number of carbonyl (C=O) groups is 6. The fourth-order valence-corrected chi connectivity index (χ4v) is 16.7. The van der Waals surface area contributed by atoms with Crippen molar-refractivity contribution in [3.8, 4) is 20.9 Å². The van der Waals surface area contributed by atoms with E-state index in [2.05, 4.69) is 103 Å². The molecule has 3 aromatic heterocycles. The Morgan fingerprint density at radius 3 is 1.03 bits per heavy atom. The van der Waals surface area contributed by atoms with Gasteiger partial charge in [-0.3, -0.25) is 14.4 Å². The number of aryl methyl sites for hydroxylation is 3. The van der Waals surface area contributed by atoms with Gasteiger partial charge in [-0.25, -0.2) is 14.4 Å². The van der Waals surface area contributed by atoms with Gasteiger partial charge in [-0.2, -0.15) is 0 Å². The van der Waals surface area contributed by atoms with Crippen molar-refractivity contribution in [1.29, 1.82) is 0 Å². The smallest absolute Gasteiger partial charge is 0.479 e. The molecular formula is C89H125BClN3O14S3. The van der Waals surface area contributed by atoms with Crippen molar-refractivity contribution in [2.75, 3.05) is 29.2 Å². The molecule has 111 heavy (non-hydrogen) atoms. The minimum absolute atomic E-state index is 0.0979. The van der Waals surface area contributed by atoms with Gasteiger partial charge in [0.05, 0.1) is 30.0 Å². The Bertz CT molecular complexity index is 4250. The fourth-order valence-electron chi connectivity index (χ4n) is 12.8. The van der Waals surface area contributed by atoms with E-state index in [0.29, 0.717) is 29.8 Å². The molecule has 3 aliphatic carbocycles. The number of carboxylic acid groups (broad SMARTS) is 1. The summed E-state index contributed by atoms with van der Waals surface area (Å²) < 4.78 is 30.1. The van der Waals surface area contributed by atoms with Crippen LogP contribution in [-0.4, -0.2) is 87.9 Å². The number of benzene rings is 3. The average Bonchev–Trinajstić information content (AvgIpc) is 1.64. The lowest BCUT2D eigenvalue weighted by Crippen LogP contribution is -2.29. The second-order valence-corrected chi connectivity index (χ2v) is 38.9. The van der Waals surface area contributed by atoms with Crippen molar-refractivity contribution in [1.82, 2.24) is 0 Å². The number of allylic oxidation sites excluding steroid dienone is 6. The highest BCUT2D eigenvalue weighted by atomic mass is 35.5. The highest BCUT2D eigenvalue weighted by Crippen LogP contribution is 2.53. The quantitative estimate of drug-likeness (QED) is 0.0308. The molecule has 608 valence electrons. The number of hydrogen-bond acceptors (Lipinski definition) is 16. The molecule has 3 unspecified atom stereocenters. The van der Waals surface area contributed by atoms with Crippen molar-refractivity contribution >= 4 is 128 Å². The van der Waals surface area contributed by atoms with E-state index < -0.39 is 48.2 Å². The third kappa shape index (κ3) is 29.7. The van der Waals surface area contributed by atoms with Gasteiger partial charge in [-0.05, 0) is 247 Å². The monoisotopic (exact) mass is 1600 g/mol. The van der Waals surface area contributed by atoms with Crippen LogP contribution < -0.4 is 21.4 Å². The number of nitrogens with one attached hydrogen (secondary N) is 3. The van der Waals surface area contributed by atoms with Crippen LogP contribution in [0.3, 0.4) is 0 Å². The minimum atomic E-state index is -1.47. The maximum atomic E-state index is 13.2. The largest absolute Gasteiger partial charge is 0.488 e. The first kappa shape index (κ1) is 94.5. The lowest BCUT2D eigenvalue weighted by atomic mass is 9.76. The molecule has 22 heteroatoms. The minimum Gasteiger partial charge on any atom is -0.479 e. The summed E-state index contributed by atoms with van der Waals surface area (Å²) in [5.41, 5.74) is 13.1. The number of hydrogen-bond donors (Lipinski definition) is 6. The first-order valence-electron chi connectivity index (χ1n) is 38.6. The van der Waals surface area contributed by atoms with Crippen LogP contribution in [0, 0.1) is 42.9 Å². The summed E-state index contributed by atoms with van der Waals surface area (Å²) in [7, 11) is -1.47. The molecule has 0 fully saturated rings. The summed E-state index contributed by atoms with van der Waals surface area (Å²) >= 11 is 11.4. The Morgan fingerprint density at radius 1 is 0.477 bits per heavy atom. The van der Waals surface area contributed by atoms with Gasteiger partial charge in [-0.15, -0.1) is 34.0 Å². The van der Waals surface area contributed by atoms with Crippen molar-refractivity contribution < 1.29 is 67.6 Å². The summed E-state index contributed by atoms with van der Waals surface area (Å²) in [5, 5.41) is 35.9. The van der Waals surface area contributed by atoms with E-state index in [1.165, 1.54) is 61.0 Å². The second-order valence-electron chi connectivity index (χ2n) is 34.7. The highest BCUT2D eigenvalue weighted by Gasteiger charge is 2.40. The topological polar surface area (TPSA) is 245 Å². The van der Waals surface area contributed by atoms with Gasteiger partial charge in [-0.1, -0.05) is 129 Å². The van der Waals surface area contributed by atoms with E-state index in [0.717, 1.165) is 148 Å². The Morgan fingerprint density at radius 2 is 0.757 bits per heavy atom. The van der Waals surface area contributed by atoms with Gasteiger partial charge in [0.2, 0.25) is 17.7 Å². The van der Waals surface area contributed by atoms with Crippen molar-refractivity contribution in [3.63, 3.8) is 0 Å². The normalized spacial score (nSPS) is 15.9. The number of aliphatic carboxylic acids is 1. The Kier molecular flexibility index (Phi) is 34.8. The zero-order valence-corrected chi connectivity index (χ0v) is 74.0. The lowest BCUT2D eigenvalue weighted by molar-refractivity contribution is -0.167. The predicted molar refractivity (Wildman–Crippen MR) is 461 cm³/mol. The van der Waals surface area contributed by atoms with Crippen LogP contribution in [0.15, 0.2) is 91.0 Å². The number of anilines is 3. The summed E-state index contributed by atoms with van der Waals surface area (Å²) in [6.45, 7) is 52.3. The zero-order chi connectivity index (χ0) is 83.6. The molecule has 3 amide bonds. The molecular weight excluding hydrogens is 1480 g/mol. The van der Waals surface area contributed by atoms with Crippen LogP contribution >= 0.6 is 45.6 Å². The number of amides is 3. The fraction of sp³-hybridized carbons (Fsp3) is 0.528. The van der Waals surface area contributed by atoms with Crippen molar-refractivity contribution in [2.24, 2.45) is 22.2 Å². The van der Waals surface area contributed by atoms with Crippen LogP contribution in [0.4, 0.5) is 17.1 Å². The van der Waals surface area contributed by atoms with Crippen LogP contribution in [-0.2, 0) is 52.5 Å². The van der Waals surface area contributed by atoms with Gasteiger partial charge >= 0.3 is 25.0 Å². The van der Waals surface area contributed by atoms with Crippen molar-refractivity contribution in [2.45, 2.75) is 273 Å². The van der Waals surface area contributed by atoms with E-state index in [1.54, 1.807) is 34.8 Å². The van der Waals surface area contributed by atoms with Crippen LogP contribution in [0.2, 0.25) is 4.34 Å². The first-order chi connectivity index (χ1) is 51.4. The van der Waals surface area contributed by atoms with Crippen LogP contribution in [0.5, 0.6) is 0 Å². The number of carboxylic acids is 1. The molecule has 0 radical (unpaired) electrons. The number of halogens is 1. The SMILES string of the molecule is CC(=O)Nc1ccc(-c2sc(C)c(C(OC(C)(C)C)C(=O)O)c2C2=CCC(C)(C)CC2)cc1.CC(=O)Nc1ccc(B(O)O)cc1.CC(C)C.CCOC(=O)C(OC(C)(C)C)c1c(C)sc(-c2ccc(NC(C)=O)cc2)c1C1=CCC(C)(C)CC1.CCOC(=O)C(OC(C)(C)C)c1c(C)sc(Cl)c1C1=CCC(C)(C)CC1. The number of esters is 2. The van der Waals surface area contributed by atoms with E-state index >= 15 is 0 Å². The molecule has 3 atom stereocenters. The Hall–Kier alpha value is -7.05. The number of rotatable bonds is 20. The summed E-state index contributed by atoms with van der Waals surface area (Å²) in [4.78, 5) is 77.0. The number of ether oxygens (including phenoxy) is 5. The third-order valence-electron chi connectivity index (χ3n) is 18.1. The first-order valence-corrected chi connectivity index (χ1v) is 41.4. The molecule has 3 aromatic carbocycles. The van der Waals surface area contributed by atoms with E-state index in [4.69, 9.17) is 45.3 Å². The number of carbonyl (C=O) groups excluding carboxylic acids is 5. The molecule has 6 aromatic rings. The molecule has 0 bridgehead atoms. The second kappa shape index (κ2) is 40.8. The van der Waals surface area contributed by atoms with Gasteiger partial charge in [0, 0.05) is 95.6 Å². The zero-order valence-electron chi connectivity index (χ0n) is 70.8. The third-order valence-corrected chi connectivity index (χ3v) is 21.8. The molecule has 0 saturated heterocycles. The molecule has 17 nitrogen and oxygen atoms in total. The van der Waals surface area contributed by atoms with Crippen LogP contribution in [0.1, 0.15) is 283 Å². The van der Waals surface area contributed by atoms with Crippen LogP contribution in [0.25, 0.3) is 37.6 Å².